The van der Waals surface area contributed by atoms with Crippen LogP contribution in [0.25, 0.3) is 6.08 Å². The van der Waals surface area contributed by atoms with Gasteiger partial charge in [-0.1, -0.05) is 19.3 Å². The lowest BCUT2D eigenvalue weighted by Gasteiger charge is -2.20. The van der Waals surface area contributed by atoms with Gasteiger partial charge in [-0.25, -0.2) is 4.79 Å². The largest absolute Gasteiger partial charge is 0.493 e. The number of allylic oxidation sites excluding steroid dienone is 1. The third-order valence-electron chi connectivity index (χ3n) is 6.12. The molecule has 0 atom stereocenters. The molecule has 0 amide bonds. The number of aryl methyl sites for hydroxylation is 1. The zero-order valence-electron chi connectivity index (χ0n) is 21.1. The number of thioether (sulfide) groups is 1. The summed E-state index contributed by atoms with van der Waals surface area (Å²) in [6.45, 7) is 7.92. The van der Waals surface area contributed by atoms with Crippen molar-refractivity contribution < 1.29 is 24.2 Å². The smallest absolute Gasteiger partial charge is 0.336 e. The van der Waals surface area contributed by atoms with Gasteiger partial charge in [0, 0.05) is 27.7 Å². The standard InChI is InChI=1S/C29H36O5S/c1-19(2)34-28-21(4)27(29(31)32)20(3)18-23(28)12-15-26(30)22-10-13-24(14-11-22)33-16-17-35-25-8-6-5-7-9-25/h10-15,18-19,25H,5-9,16-17H2,1-4H3,(H,31,32). The molecule has 3 rings (SSSR count). The van der Waals surface area contributed by atoms with Crippen LogP contribution in [0.15, 0.2) is 36.4 Å². The van der Waals surface area contributed by atoms with Crippen LogP contribution in [-0.4, -0.2) is 40.6 Å². The first kappa shape index (κ1) is 26.9. The van der Waals surface area contributed by atoms with E-state index in [0.29, 0.717) is 34.6 Å². The number of ether oxygens (including phenoxy) is 2. The number of aromatic carboxylic acids is 1. The Morgan fingerprint density at radius 3 is 2.43 bits per heavy atom. The van der Waals surface area contributed by atoms with Crippen molar-refractivity contribution in [3.63, 3.8) is 0 Å². The molecule has 5 nitrogen and oxygen atoms in total. The summed E-state index contributed by atoms with van der Waals surface area (Å²) < 4.78 is 11.8. The molecule has 2 aromatic carbocycles. The first-order chi connectivity index (χ1) is 16.8. The maximum absolute atomic E-state index is 12.8. The highest BCUT2D eigenvalue weighted by molar-refractivity contribution is 7.99. The Kier molecular flexibility index (Phi) is 9.84. The minimum atomic E-state index is -0.991. The molecule has 188 valence electrons. The molecule has 0 spiro atoms. The molecule has 1 aliphatic rings. The highest BCUT2D eigenvalue weighted by Crippen LogP contribution is 2.32. The molecule has 35 heavy (non-hydrogen) atoms. The van der Waals surface area contributed by atoms with Gasteiger partial charge in [0.15, 0.2) is 5.78 Å². The molecule has 0 heterocycles. The fraction of sp³-hybridized carbons (Fsp3) is 0.448. The van der Waals surface area contributed by atoms with Crippen LogP contribution in [0.2, 0.25) is 0 Å². The summed E-state index contributed by atoms with van der Waals surface area (Å²) in [5.74, 6) is 1.10. The summed E-state index contributed by atoms with van der Waals surface area (Å²) in [5, 5.41) is 10.4. The van der Waals surface area contributed by atoms with Crippen molar-refractivity contribution >= 4 is 29.6 Å². The van der Waals surface area contributed by atoms with E-state index in [1.165, 1.54) is 38.2 Å². The number of carboxylic acid groups (broad SMARTS) is 1. The normalized spacial score (nSPS) is 14.4. The maximum atomic E-state index is 12.8. The number of ketones is 1. The number of carbonyl (C=O) groups excluding carboxylic acids is 1. The van der Waals surface area contributed by atoms with E-state index in [0.717, 1.165) is 16.8 Å². The van der Waals surface area contributed by atoms with Gasteiger partial charge in [-0.3, -0.25) is 4.79 Å². The van der Waals surface area contributed by atoms with Crippen LogP contribution < -0.4 is 9.47 Å². The average Bonchev–Trinajstić information content (AvgIpc) is 2.83. The SMILES string of the molecule is Cc1cc(C=CC(=O)c2ccc(OCCSC3CCCCC3)cc2)c(OC(C)C)c(C)c1C(=O)O. The van der Waals surface area contributed by atoms with E-state index in [1.54, 1.807) is 38.1 Å². The molecule has 1 saturated carbocycles. The van der Waals surface area contributed by atoms with E-state index >= 15 is 0 Å². The Hall–Kier alpha value is -2.73. The van der Waals surface area contributed by atoms with Crippen molar-refractivity contribution in [2.75, 3.05) is 12.4 Å². The third-order valence-corrected chi connectivity index (χ3v) is 7.47. The van der Waals surface area contributed by atoms with Crippen LogP contribution >= 0.6 is 11.8 Å². The van der Waals surface area contributed by atoms with E-state index < -0.39 is 5.97 Å². The average molecular weight is 497 g/mol. The molecular weight excluding hydrogens is 460 g/mol. The van der Waals surface area contributed by atoms with Gasteiger partial charge in [0.1, 0.15) is 11.5 Å². The summed E-state index contributed by atoms with van der Waals surface area (Å²) in [7, 11) is 0. The Bertz CT molecular complexity index is 1050. The van der Waals surface area contributed by atoms with Gasteiger partial charge in [-0.2, -0.15) is 11.8 Å². The highest BCUT2D eigenvalue weighted by Gasteiger charge is 2.19. The molecule has 0 saturated heterocycles. The van der Waals surface area contributed by atoms with E-state index in [2.05, 4.69) is 0 Å². The lowest BCUT2D eigenvalue weighted by atomic mass is 9.97. The van der Waals surface area contributed by atoms with Crippen molar-refractivity contribution in [2.45, 2.75) is 71.2 Å². The monoisotopic (exact) mass is 496 g/mol. The zero-order chi connectivity index (χ0) is 25.4. The van der Waals surface area contributed by atoms with Crippen LogP contribution in [0.5, 0.6) is 11.5 Å². The van der Waals surface area contributed by atoms with Crippen LogP contribution in [0, 0.1) is 13.8 Å². The number of carboxylic acids is 1. The molecule has 2 aromatic rings. The Balaban J connectivity index is 1.63. The van der Waals surface area contributed by atoms with Gasteiger partial charge in [0.2, 0.25) is 0 Å². The van der Waals surface area contributed by atoms with Crippen LogP contribution in [0.4, 0.5) is 0 Å². The second kappa shape index (κ2) is 12.8. The zero-order valence-corrected chi connectivity index (χ0v) is 22.0. The predicted molar refractivity (Wildman–Crippen MR) is 143 cm³/mol. The summed E-state index contributed by atoms with van der Waals surface area (Å²) in [5.41, 5.74) is 2.66. The van der Waals surface area contributed by atoms with Gasteiger partial charge in [-0.15, -0.1) is 0 Å². The summed E-state index contributed by atoms with van der Waals surface area (Å²) in [6, 6.07) is 8.95. The molecular formula is C29H36O5S. The van der Waals surface area contributed by atoms with E-state index in [9.17, 15) is 14.7 Å². The molecule has 0 unspecified atom stereocenters. The lowest BCUT2D eigenvalue weighted by molar-refractivity contribution is 0.0694. The van der Waals surface area contributed by atoms with Crippen molar-refractivity contribution in [3.8, 4) is 11.5 Å². The molecule has 0 aliphatic heterocycles. The minimum absolute atomic E-state index is 0.130. The van der Waals surface area contributed by atoms with E-state index in [1.807, 2.05) is 37.7 Å². The summed E-state index contributed by atoms with van der Waals surface area (Å²) >= 11 is 2.01. The van der Waals surface area contributed by atoms with Crippen molar-refractivity contribution in [1.82, 2.24) is 0 Å². The number of carbonyl (C=O) groups is 2. The van der Waals surface area contributed by atoms with Crippen molar-refractivity contribution in [1.29, 1.82) is 0 Å². The van der Waals surface area contributed by atoms with Crippen LogP contribution in [0.3, 0.4) is 0 Å². The maximum Gasteiger partial charge on any atom is 0.336 e. The van der Waals surface area contributed by atoms with E-state index in [4.69, 9.17) is 9.47 Å². The molecule has 1 N–H and O–H groups in total. The Morgan fingerprint density at radius 2 is 1.80 bits per heavy atom. The molecule has 0 aromatic heterocycles. The molecule has 1 fully saturated rings. The second-order valence-corrected chi connectivity index (χ2v) is 10.7. The first-order valence-corrected chi connectivity index (χ1v) is 13.4. The molecule has 0 bridgehead atoms. The van der Waals surface area contributed by atoms with Crippen molar-refractivity contribution in [2.24, 2.45) is 0 Å². The third kappa shape index (κ3) is 7.63. The number of hydrogen-bond donors (Lipinski definition) is 1. The fourth-order valence-corrected chi connectivity index (χ4v) is 5.60. The summed E-state index contributed by atoms with van der Waals surface area (Å²) in [6.07, 6.45) is 9.78. The van der Waals surface area contributed by atoms with Gasteiger partial charge in [0.05, 0.1) is 18.3 Å². The van der Waals surface area contributed by atoms with Crippen LogP contribution in [-0.2, 0) is 0 Å². The van der Waals surface area contributed by atoms with Crippen molar-refractivity contribution in [3.05, 3.63) is 64.2 Å². The van der Waals surface area contributed by atoms with E-state index in [-0.39, 0.29) is 17.5 Å². The first-order valence-electron chi connectivity index (χ1n) is 12.4. The lowest BCUT2D eigenvalue weighted by Crippen LogP contribution is -2.12. The van der Waals surface area contributed by atoms with Gasteiger partial charge in [0.25, 0.3) is 0 Å². The number of rotatable bonds is 11. The Labute approximate surface area is 212 Å². The predicted octanol–water partition coefficient (Wildman–Crippen LogP) is 7.13. The van der Waals surface area contributed by atoms with Gasteiger partial charge in [-0.05, 0) is 88.6 Å². The number of hydrogen-bond acceptors (Lipinski definition) is 5. The molecule has 6 heteroatoms. The van der Waals surface area contributed by atoms with Gasteiger partial charge >= 0.3 is 5.97 Å². The molecule has 0 radical (unpaired) electrons. The Morgan fingerprint density at radius 1 is 1.11 bits per heavy atom. The number of benzene rings is 2. The minimum Gasteiger partial charge on any atom is -0.493 e. The summed E-state index contributed by atoms with van der Waals surface area (Å²) in [4.78, 5) is 24.5. The quantitative estimate of drug-likeness (QED) is 0.203. The molecule has 1 aliphatic carbocycles. The highest BCUT2D eigenvalue weighted by atomic mass is 32.2. The second-order valence-electron chi connectivity index (χ2n) is 9.28. The fourth-order valence-electron chi connectivity index (χ4n) is 4.42. The topological polar surface area (TPSA) is 72.8 Å². The van der Waals surface area contributed by atoms with Crippen LogP contribution in [0.1, 0.15) is 83.4 Å². The van der Waals surface area contributed by atoms with Gasteiger partial charge < -0.3 is 14.6 Å².